The third kappa shape index (κ3) is 7.74. The molecule has 0 aliphatic heterocycles. The van der Waals surface area contributed by atoms with Crippen LogP contribution < -0.4 is 0 Å². The van der Waals surface area contributed by atoms with E-state index in [0.29, 0.717) is 13.2 Å². The molecule has 0 saturated heterocycles. The molecule has 0 N–H and O–H groups in total. The molecule has 0 aliphatic carbocycles. The van der Waals surface area contributed by atoms with E-state index in [0.717, 1.165) is 12.8 Å². The monoisotopic (exact) mass is 190 g/mol. The van der Waals surface area contributed by atoms with Gasteiger partial charge in [-0.1, -0.05) is 13.8 Å². The highest BCUT2D eigenvalue weighted by atomic mass is 16.9. The lowest BCUT2D eigenvalue weighted by molar-refractivity contribution is -0.274. The fourth-order valence-corrected chi connectivity index (χ4v) is 0.680. The number of esters is 1. The van der Waals surface area contributed by atoms with Crippen LogP contribution in [0.25, 0.3) is 0 Å². The molecule has 0 radical (unpaired) electrons. The van der Waals surface area contributed by atoms with Crippen LogP contribution >= 0.6 is 0 Å². The molecule has 78 valence electrons. The molecular formula is C9H18O4. The number of hydrogen-bond acceptors (Lipinski definition) is 4. The quantitative estimate of drug-likeness (QED) is 0.452. The molecule has 0 saturated carbocycles. The van der Waals surface area contributed by atoms with Gasteiger partial charge in [0, 0.05) is 6.92 Å². The van der Waals surface area contributed by atoms with Crippen molar-refractivity contribution in [1.29, 1.82) is 0 Å². The molecule has 0 unspecified atom stereocenters. The van der Waals surface area contributed by atoms with Crippen molar-refractivity contribution in [2.24, 2.45) is 0 Å². The molecular weight excluding hydrogens is 172 g/mol. The van der Waals surface area contributed by atoms with Gasteiger partial charge in [0.2, 0.25) is 0 Å². The van der Waals surface area contributed by atoms with Gasteiger partial charge in [-0.2, -0.15) is 0 Å². The van der Waals surface area contributed by atoms with E-state index in [1.165, 1.54) is 6.92 Å². The molecule has 0 fully saturated rings. The molecule has 0 bridgehead atoms. The van der Waals surface area contributed by atoms with Crippen molar-refractivity contribution in [2.75, 3.05) is 13.2 Å². The number of hydrogen-bond donors (Lipinski definition) is 0. The molecule has 0 atom stereocenters. The van der Waals surface area contributed by atoms with Crippen molar-refractivity contribution < 1.29 is 19.0 Å². The Kier molecular flexibility index (Phi) is 7.63. The largest absolute Gasteiger partial charge is 0.410 e. The summed E-state index contributed by atoms with van der Waals surface area (Å²) in [7, 11) is 0. The van der Waals surface area contributed by atoms with Gasteiger partial charge in [-0.15, -0.1) is 0 Å². The number of carbonyl (C=O) groups excluding carboxylic acids is 1. The molecule has 0 rings (SSSR count). The van der Waals surface area contributed by atoms with E-state index in [9.17, 15) is 4.79 Å². The van der Waals surface area contributed by atoms with Crippen LogP contribution in [0.1, 0.15) is 33.6 Å². The van der Waals surface area contributed by atoms with Crippen LogP contribution in [-0.4, -0.2) is 25.7 Å². The van der Waals surface area contributed by atoms with Gasteiger partial charge < -0.3 is 14.2 Å². The Labute approximate surface area is 79.2 Å². The maximum atomic E-state index is 10.6. The average molecular weight is 190 g/mol. The van der Waals surface area contributed by atoms with E-state index in [-0.39, 0.29) is 0 Å². The molecule has 4 heteroatoms. The fourth-order valence-electron chi connectivity index (χ4n) is 0.680. The Morgan fingerprint density at radius 1 is 1.15 bits per heavy atom. The minimum atomic E-state index is -0.836. The minimum absolute atomic E-state index is 0.391. The number of rotatable bonds is 7. The van der Waals surface area contributed by atoms with Gasteiger partial charge in [0.05, 0.1) is 13.2 Å². The molecule has 0 aromatic rings. The predicted molar refractivity (Wildman–Crippen MR) is 48.0 cm³/mol. The van der Waals surface area contributed by atoms with Gasteiger partial charge in [-0.05, 0) is 12.8 Å². The van der Waals surface area contributed by atoms with Gasteiger partial charge in [0.15, 0.2) is 0 Å². The first-order valence-electron chi connectivity index (χ1n) is 4.61. The third-order valence-electron chi connectivity index (χ3n) is 1.18. The first kappa shape index (κ1) is 12.4. The van der Waals surface area contributed by atoms with E-state index >= 15 is 0 Å². The second-order valence-electron chi connectivity index (χ2n) is 2.64. The summed E-state index contributed by atoms with van der Waals surface area (Å²) in [5.74, 6) is -0.391. The standard InChI is InChI=1S/C9H18O4/c1-4-6-11-9(12-7-5-2)13-8(3)10/h9H,4-7H2,1-3H3. The van der Waals surface area contributed by atoms with Crippen molar-refractivity contribution in [2.45, 2.75) is 40.1 Å². The van der Waals surface area contributed by atoms with Crippen molar-refractivity contribution in [3.05, 3.63) is 0 Å². The molecule has 0 aromatic heterocycles. The van der Waals surface area contributed by atoms with Crippen LogP contribution in [0.15, 0.2) is 0 Å². The van der Waals surface area contributed by atoms with Gasteiger partial charge in [-0.3, -0.25) is 4.79 Å². The van der Waals surface area contributed by atoms with E-state index < -0.39 is 12.4 Å². The molecule has 0 aliphatic rings. The SMILES string of the molecule is CCCOC(OCCC)OC(C)=O. The van der Waals surface area contributed by atoms with E-state index in [1.54, 1.807) is 0 Å². The zero-order valence-electron chi connectivity index (χ0n) is 8.54. The zero-order chi connectivity index (χ0) is 10.1. The first-order valence-corrected chi connectivity index (χ1v) is 4.61. The predicted octanol–water partition coefficient (Wildman–Crippen LogP) is 1.69. The summed E-state index contributed by atoms with van der Waals surface area (Å²) in [6.07, 6.45) is 1.74. The lowest BCUT2D eigenvalue weighted by atomic mass is 10.5. The average Bonchev–Trinajstić information content (AvgIpc) is 2.09. The summed E-state index contributed by atoms with van der Waals surface area (Å²) in [5, 5.41) is 0. The summed E-state index contributed by atoms with van der Waals surface area (Å²) in [4.78, 5) is 10.6. The van der Waals surface area contributed by atoms with Crippen molar-refractivity contribution >= 4 is 5.97 Å². The van der Waals surface area contributed by atoms with E-state index in [4.69, 9.17) is 14.2 Å². The Morgan fingerprint density at radius 3 is 1.92 bits per heavy atom. The highest BCUT2D eigenvalue weighted by Crippen LogP contribution is 2.00. The highest BCUT2D eigenvalue weighted by Gasteiger charge is 2.11. The van der Waals surface area contributed by atoms with Gasteiger partial charge >= 0.3 is 12.4 Å². The van der Waals surface area contributed by atoms with E-state index in [2.05, 4.69) is 0 Å². The smallest absolute Gasteiger partial charge is 0.318 e. The summed E-state index contributed by atoms with van der Waals surface area (Å²) in [5.41, 5.74) is 0. The third-order valence-corrected chi connectivity index (χ3v) is 1.18. The Bertz CT molecular complexity index is 128. The van der Waals surface area contributed by atoms with E-state index in [1.807, 2.05) is 13.8 Å². The Balaban J connectivity index is 3.66. The fraction of sp³-hybridized carbons (Fsp3) is 0.889. The molecule has 13 heavy (non-hydrogen) atoms. The summed E-state index contributed by atoms with van der Waals surface area (Å²) in [6, 6.07) is 0. The van der Waals surface area contributed by atoms with Crippen LogP contribution in [0.4, 0.5) is 0 Å². The Morgan fingerprint density at radius 2 is 1.62 bits per heavy atom. The van der Waals surface area contributed by atoms with Crippen LogP contribution in [-0.2, 0) is 19.0 Å². The Hall–Kier alpha value is -0.610. The topological polar surface area (TPSA) is 44.8 Å². The lowest BCUT2D eigenvalue weighted by Gasteiger charge is -2.16. The number of carbonyl (C=O) groups is 1. The second kappa shape index (κ2) is 8.01. The van der Waals surface area contributed by atoms with Crippen LogP contribution in [0.5, 0.6) is 0 Å². The summed E-state index contributed by atoms with van der Waals surface area (Å²) in [6.45, 7) is 5.51. The molecule has 4 nitrogen and oxygen atoms in total. The first-order chi connectivity index (χ1) is 6.20. The van der Waals surface area contributed by atoms with Gasteiger partial charge in [0.25, 0.3) is 0 Å². The zero-order valence-corrected chi connectivity index (χ0v) is 8.54. The number of ether oxygens (including phenoxy) is 3. The van der Waals surface area contributed by atoms with Crippen LogP contribution in [0.2, 0.25) is 0 Å². The molecule has 0 aromatic carbocycles. The summed E-state index contributed by atoms with van der Waals surface area (Å²) < 4.78 is 15.0. The lowest BCUT2D eigenvalue weighted by Crippen LogP contribution is -2.24. The van der Waals surface area contributed by atoms with Crippen molar-refractivity contribution in [3.8, 4) is 0 Å². The second-order valence-corrected chi connectivity index (χ2v) is 2.64. The van der Waals surface area contributed by atoms with Crippen LogP contribution in [0, 0.1) is 0 Å². The molecule has 0 amide bonds. The minimum Gasteiger partial charge on any atom is -0.410 e. The van der Waals surface area contributed by atoms with Crippen LogP contribution in [0.3, 0.4) is 0 Å². The maximum absolute atomic E-state index is 10.6. The van der Waals surface area contributed by atoms with Crippen molar-refractivity contribution in [1.82, 2.24) is 0 Å². The van der Waals surface area contributed by atoms with Gasteiger partial charge in [0.1, 0.15) is 0 Å². The van der Waals surface area contributed by atoms with Crippen molar-refractivity contribution in [3.63, 3.8) is 0 Å². The maximum Gasteiger partial charge on any atom is 0.318 e. The highest BCUT2D eigenvalue weighted by molar-refractivity contribution is 5.65. The summed E-state index contributed by atoms with van der Waals surface area (Å²) >= 11 is 0. The van der Waals surface area contributed by atoms with Gasteiger partial charge in [-0.25, -0.2) is 0 Å². The molecule has 0 heterocycles. The normalized spacial score (nSPS) is 10.5. The molecule has 0 spiro atoms.